The Morgan fingerprint density at radius 2 is 1.92 bits per heavy atom. The van der Waals surface area contributed by atoms with Gasteiger partial charge in [0.25, 0.3) is 5.69 Å². The molecule has 0 saturated carbocycles. The number of piperidine rings is 1. The molecule has 1 aromatic rings. The molecule has 1 saturated heterocycles. The minimum Gasteiger partial charge on any atom is -0.379 e. The first kappa shape index (κ1) is 19.0. The number of carbonyl (C=O) groups is 1. The van der Waals surface area contributed by atoms with Gasteiger partial charge in [0, 0.05) is 32.1 Å². The van der Waals surface area contributed by atoms with Crippen LogP contribution >= 0.6 is 0 Å². The van der Waals surface area contributed by atoms with Crippen LogP contribution in [0, 0.1) is 10.1 Å². The number of hydrogen-bond acceptors (Lipinski definition) is 5. The molecule has 0 spiro atoms. The quantitative estimate of drug-likeness (QED) is 0.602. The van der Waals surface area contributed by atoms with Crippen LogP contribution in [0.4, 0.5) is 24.5 Å². The van der Waals surface area contributed by atoms with E-state index in [2.05, 4.69) is 10.7 Å². The van der Waals surface area contributed by atoms with Gasteiger partial charge in [0.15, 0.2) is 0 Å². The molecular formula is C15H19F3N4O3. The van der Waals surface area contributed by atoms with E-state index in [1.54, 1.807) is 0 Å². The number of anilines is 1. The van der Waals surface area contributed by atoms with Gasteiger partial charge < -0.3 is 5.32 Å². The summed E-state index contributed by atoms with van der Waals surface area (Å²) >= 11 is 0. The number of benzene rings is 1. The van der Waals surface area contributed by atoms with E-state index in [4.69, 9.17) is 0 Å². The molecule has 1 aliphatic rings. The highest BCUT2D eigenvalue weighted by atomic mass is 19.4. The van der Waals surface area contributed by atoms with E-state index in [1.165, 1.54) is 0 Å². The number of alkyl halides is 3. The maximum absolute atomic E-state index is 12.6. The molecule has 0 aromatic heterocycles. The average molecular weight is 360 g/mol. The number of nitrogens with one attached hydrogen (secondary N) is 2. The summed E-state index contributed by atoms with van der Waals surface area (Å²) in [6.07, 6.45) is -1.45. The van der Waals surface area contributed by atoms with Crippen LogP contribution in [-0.2, 0) is 11.0 Å². The Morgan fingerprint density at radius 3 is 2.52 bits per heavy atom. The second-order valence-electron chi connectivity index (χ2n) is 5.75. The minimum absolute atomic E-state index is 0.0503. The Kier molecular flexibility index (Phi) is 6.18. The number of hydrogen-bond donors (Lipinski definition) is 2. The molecule has 0 radical (unpaired) electrons. The largest absolute Gasteiger partial charge is 0.416 e. The van der Waals surface area contributed by atoms with Gasteiger partial charge in [-0.05, 0) is 25.0 Å². The number of halogens is 3. The number of amides is 1. The van der Waals surface area contributed by atoms with Crippen molar-refractivity contribution in [1.29, 1.82) is 0 Å². The van der Waals surface area contributed by atoms with Crippen LogP contribution < -0.4 is 10.7 Å². The predicted molar refractivity (Wildman–Crippen MR) is 84.8 cm³/mol. The number of hydrazine groups is 1. The number of nitro benzene ring substituents is 1. The van der Waals surface area contributed by atoms with E-state index in [0.717, 1.165) is 44.5 Å². The van der Waals surface area contributed by atoms with Gasteiger partial charge in [-0.25, -0.2) is 5.01 Å². The van der Waals surface area contributed by atoms with Crippen LogP contribution in [0.25, 0.3) is 0 Å². The molecule has 1 amide bonds. The lowest BCUT2D eigenvalue weighted by atomic mass is 10.1. The fourth-order valence-corrected chi connectivity index (χ4v) is 2.56. The number of carbonyl (C=O) groups excluding carboxylic acids is 1. The van der Waals surface area contributed by atoms with E-state index in [9.17, 15) is 28.1 Å². The maximum Gasteiger partial charge on any atom is 0.416 e. The van der Waals surface area contributed by atoms with Crippen LogP contribution in [0.5, 0.6) is 0 Å². The van der Waals surface area contributed by atoms with Crippen molar-refractivity contribution in [3.8, 4) is 0 Å². The molecule has 2 N–H and O–H groups in total. The van der Waals surface area contributed by atoms with Crippen molar-refractivity contribution in [3.63, 3.8) is 0 Å². The fourth-order valence-electron chi connectivity index (χ4n) is 2.56. The van der Waals surface area contributed by atoms with Crippen molar-refractivity contribution in [2.24, 2.45) is 0 Å². The summed E-state index contributed by atoms with van der Waals surface area (Å²) in [7, 11) is 0. The molecular weight excluding hydrogens is 341 g/mol. The Bertz CT molecular complexity index is 631. The Labute approximate surface area is 142 Å². The molecule has 1 aromatic carbocycles. The zero-order valence-corrected chi connectivity index (χ0v) is 13.4. The van der Waals surface area contributed by atoms with Gasteiger partial charge >= 0.3 is 6.18 Å². The number of rotatable bonds is 6. The average Bonchev–Trinajstić information content (AvgIpc) is 2.54. The molecule has 7 nitrogen and oxygen atoms in total. The summed E-state index contributed by atoms with van der Waals surface area (Å²) in [6.45, 7) is 1.64. The molecule has 138 valence electrons. The molecule has 0 unspecified atom stereocenters. The van der Waals surface area contributed by atoms with Crippen LogP contribution in [0.15, 0.2) is 18.2 Å². The zero-order valence-electron chi connectivity index (χ0n) is 13.4. The molecule has 25 heavy (non-hydrogen) atoms. The lowest BCUT2D eigenvalue weighted by Gasteiger charge is -2.26. The topological polar surface area (TPSA) is 87.5 Å². The Hall–Kier alpha value is -2.36. The summed E-state index contributed by atoms with van der Waals surface area (Å²) in [4.78, 5) is 21.9. The summed E-state index contributed by atoms with van der Waals surface area (Å²) in [5, 5.41) is 15.5. The SMILES string of the molecule is O=C(CCNc1ccc(C(F)(F)F)cc1[N+](=O)[O-])NN1CCCCC1. The molecule has 2 rings (SSSR count). The molecule has 1 heterocycles. The lowest BCUT2D eigenvalue weighted by Crippen LogP contribution is -2.45. The van der Waals surface area contributed by atoms with Crippen LogP contribution in [0.1, 0.15) is 31.2 Å². The Morgan fingerprint density at radius 1 is 1.24 bits per heavy atom. The van der Waals surface area contributed by atoms with Gasteiger partial charge in [-0.15, -0.1) is 0 Å². The van der Waals surface area contributed by atoms with E-state index >= 15 is 0 Å². The highest BCUT2D eigenvalue weighted by Crippen LogP contribution is 2.34. The zero-order chi connectivity index (χ0) is 18.4. The molecule has 10 heteroatoms. The first-order chi connectivity index (χ1) is 11.8. The second-order valence-corrected chi connectivity index (χ2v) is 5.75. The van der Waals surface area contributed by atoms with Gasteiger partial charge in [0.05, 0.1) is 10.5 Å². The first-order valence-electron chi connectivity index (χ1n) is 7.91. The third-order valence-corrected chi connectivity index (χ3v) is 3.83. The lowest BCUT2D eigenvalue weighted by molar-refractivity contribution is -0.384. The monoisotopic (exact) mass is 360 g/mol. The summed E-state index contributed by atoms with van der Waals surface area (Å²) in [5.74, 6) is -0.246. The summed E-state index contributed by atoms with van der Waals surface area (Å²) < 4.78 is 37.9. The highest BCUT2D eigenvalue weighted by Gasteiger charge is 2.33. The van der Waals surface area contributed by atoms with E-state index in [-0.39, 0.29) is 24.6 Å². The Balaban J connectivity index is 1.91. The van der Waals surface area contributed by atoms with Crippen molar-refractivity contribution < 1.29 is 22.9 Å². The van der Waals surface area contributed by atoms with Gasteiger partial charge in [0.1, 0.15) is 5.69 Å². The summed E-state index contributed by atoms with van der Waals surface area (Å²) in [5.41, 5.74) is 0.926. The normalized spacial score (nSPS) is 15.6. The summed E-state index contributed by atoms with van der Waals surface area (Å²) in [6, 6.07) is 2.25. The predicted octanol–water partition coefficient (Wildman–Crippen LogP) is 2.93. The molecule has 1 fully saturated rings. The van der Waals surface area contributed by atoms with Crippen LogP contribution in [0.2, 0.25) is 0 Å². The molecule has 0 atom stereocenters. The van der Waals surface area contributed by atoms with Crippen LogP contribution in [0.3, 0.4) is 0 Å². The van der Waals surface area contributed by atoms with E-state index in [1.807, 2.05) is 5.01 Å². The van der Waals surface area contributed by atoms with Gasteiger partial charge in [0.2, 0.25) is 5.91 Å². The first-order valence-corrected chi connectivity index (χ1v) is 7.91. The van der Waals surface area contributed by atoms with E-state index < -0.39 is 22.4 Å². The highest BCUT2D eigenvalue weighted by molar-refractivity contribution is 5.76. The van der Waals surface area contributed by atoms with Crippen molar-refractivity contribution in [3.05, 3.63) is 33.9 Å². The van der Waals surface area contributed by atoms with Crippen molar-refractivity contribution >= 4 is 17.3 Å². The minimum atomic E-state index is -4.66. The van der Waals surface area contributed by atoms with Crippen molar-refractivity contribution in [2.75, 3.05) is 25.0 Å². The van der Waals surface area contributed by atoms with Crippen LogP contribution in [-0.4, -0.2) is 35.5 Å². The molecule has 0 aliphatic carbocycles. The third kappa shape index (κ3) is 5.59. The van der Waals surface area contributed by atoms with Gasteiger partial charge in [-0.2, -0.15) is 13.2 Å². The molecule has 0 bridgehead atoms. The third-order valence-electron chi connectivity index (χ3n) is 3.83. The second kappa shape index (κ2) is 8.15. The van der Waals surface area contributed by atoms with E-state index in [0.29, 0.717) is 6.07 Å². The standard InChI is InChI=1S/C15H19F3N4O3/c16-15(17,18)11-4-5-12(13(10-11)22(24)25)19-7-6-14(23)20-21-8-2-1-3-9-21/h4-5,10,19H,1-3,6-9H2,(H,20,23). The number of nitro groups is 1. The molecule has 1 aliphatic heterocycles. The van der Waals surface area contributed by atoms with Gasteiger partial charge in [-0.3, -0.25) is 20.3 Å². The number of nitrogens with zero attached hydrogens (tertiary/aromatic N) is 2. The smallest absolute Gasteiger partial charge is 0.379 e. The van der Waals surface area contributed by atoms with Crippen molar-refractivity contribution in [2.45, 2.75) is 31.9 Å². The van der Waals surface area contributed by atoms with Crippen molar-refractivity contribution in [1.82, 2.24) is 10.4 Å². The fraction of sp³-hybridized carbons (Fsp3) is 0.533. The van der Waals surface area contributed by atoms with Gasteiger partial charge in [-0.1, -0.05) is 6.42 Å². The maximum atomic E-state index is 12.6.